The SMILES string of the molecule is CCCCCn1c(=N)n(CCOc2ccc(C)cc2)c2ccccc21. The molecule has 1 N–H and O–H groups in total. The lowest BCUT2D eigenvalue weighted by molar-refractivity contribution is 0.296. The molecule has 2 aromatic carbocycles. The average molecular weight is 337 g/mol. The van der Waals surface area contributed by atoms with E-state index >= 15 is 0 Å². The third-order valence-corrected chi connectivity index (χ3v) is 4.56. The normalized spacial score (nSPS) is 11.1. The van der Waals surface area contributed by atoms with E-state index in [4.69, 9.17) is 10.1 Å². The standard InChI is InChI=1S/C21H27N3O/c1-3-4-7-14-23-19-8-5-6-9-20(19)24(21(23)22)15-16-25-18-12-10-17(2)11-13-18/h5-6,8-13,22H,3-4,7,14-16H2,1-2H3. The van der Waals surface area contributed by atoms with E-state index in [1.807, 2.05) is 24.3 Å². The molecule has 0 radical (unpaired) electrons. The van der Waals surface area contributed by atoms with E-state index in [1.165, 1.54) is 18.4 Å². The lowest BCUT2D eigenvalue weighted by atomic mass is 10.2. The number of ether oxygens (including phenoxy) is 1. The summed E-state index contributed by atoms with van der Waals surface area (Å²) in [6.07, 6.45) is 3.50. The fourth-order valence-corrected chi connectivity index (χ4v) is 3.16. The Bertz CT molecular complexity index is 874. The van der Waals surface area contributed by atoms with Crippen LogP contribution in [0.5, 0.6) is 5.75 Å². The second kappa shape index (κ2) is 8.06. The third-order valence-electron chi connectivity index (χ3n) is 4.56. The number of aryl methyl sites for hydroxylation is 2. The van der Waals surface area contributed by atoms with Gasteiger partial charge in [-0.15, -0.1) is 0 Å². The van der Waals surface area contributed by atoms with Crippen molar-refractivity contribution in [1.29, 1.82) is 5.41 Å². The van der Waals surface area contributed by atoms with Gasteiger partial charge in [0.05, 0.1) is 17.6 Å². The summed E-state index contributed by atoms with van der Waals surface area (Å²) < 4.78 is 10.0. The summed E-state index contributed by atoms with van der Waals surface area (Å²) in [6, 6.07) is 16.4. The molecule has 0 aliphatic heterocycles. The van der Waals surface area contributed by atoms with Gasteiger partial charge in [0.2, 0.25) is 5.62 Å². The number of nitrogens with zero attached hydrogens (tertiary/aromatic N) is 2. The topological polar surface area (TPSA) is 42.9 Å². The van der Waals surface area contributed by atoms with Crippen LogP contribution in [0.1, 0.15) is 31.7 Å². The first-order valence-corrected chi connectivity index (χ1v) is 9.13. The number of hydrogen-bond acceptors (Lipinski definition) is 2. The lowest BCUT2D eigenvalue weighted by Gasteiger charge is -2.08. The number of aromatic nitrogens is 2. The van der Waals surface area contributed by atoms with E-state index in [0.717, 1.165) is 29.7 Å². The highest BCUT2D eigenvalue weighted by atomic mass is 16.5. The number of benzene rings is 2. The quantitative estimate of drug-likeness (QED) is 0.604. The van der Waals surface area contributed by atoms with Crippen molar-refractivity contribution in [3.63, 3.8) is 0 Å². The van der Waals surface area contributed by atoms with Crippen LogP contribution in [0.4, 0.5) is 0 Å². The smallest absolute Gasteiger partial charge is 0.203 e. The van der Waals surface area contributed by atoms with Crippen molar-refractivity contribution in [3.8, 4) is 5.75 Å². The Morgan fingerprint density at radius 1 is 0.880 bits per heavy atom. The molecule has 4 nitrogen and oxygen atoms in total. The zero-order chi connectivity index (χ0) is 17.6. The Morgan fingerprint density at radius 2 is 1.52 bits per heavy atom. The molecule has 0 spiro atoms. The van der Waals surface area contributed by atoms with Gasteiger partial charge in [0.1, 0.15) is 12.4 Å². The molecule has 0 amide bonds. The summed E-state index contributed by atoms with van der Waals surface area (Å²) >= 11 is 0. The maximum absolute atomic E-state index is 8.59. The van der Waals surface area contributed by atoms with Crippen molar-refractivity contribution in [1.82, 2.24) is 9.13 Å². The van der Waals surface area contributed by atoms with Crippen molar-refractivity contribution in [2.24, 2.45) is 0 Å². The van der Waals surface area contributed by atoms with E-state index in [-0.39, 0.29) is 0 Å². The zero-order valence-electron chi connectivity index (χ0n) is 15.2. The van der Waals surface area contributed by atoms with E-state index in [9.17, 15) is 0 Å². The molecular weight excluding hydrogens is 310 g/mol. The first kappa shape index (κ1) is 17.3. The van der Waals surface area contributed by atoms with Crippen molar-refractivity contribution in [2.45, 2.75) is 46.2 Å². The molecule has 0 saturated carbocycles. The summed E-state index contributed by atoms with van der Waals surface area (Å²) in [4.78, 5) is 0. The average Bonchev–Trinajstić information content (AvgIpc) is 2.89. The number of imidazole rings is 1. The van der Waals surface area contributed by atoms with Gasteiger partial charge in [-0.25, -0.2) is 0 Å². The highest BCUT2D eigenvalue weighted by Gasteiger charge is 2.10. The number of unbranched alkanes of at least 4 members (excludes halogenated alkanes) is 2. The molecule has 0 aliphatic rings. The minimum absolute atomic E-state index is 0.558. The molecule has 3 aromatic rings. The largest absolute Gasteiger partial charge is 0.492 e. The lowest BCUT2D eigenvalue weighted by Crippen LogP contribution is -2.26. The second-order valence-electron chi connectivity index (χ2n) is 6.48. The molecule has 0 unspecified atom stereocenters. The van der Waals surface area contributed by atoms with Gasteiger partial charge in [0.15, 0.2) is 0 Å². The highest BCUT2D eigenvalue weighted by Crippen LogP contribution is 2.15. The van der Waals surface area contributed by atoms with Gasteiger partial charge in [-0.3, -0.25) is 5.41 Å². The molecule has 132 valence electrons. The highest BCUT2D eigenvalue weighted by molar-refractivity contribution is 5.75. The van der Waals surface area contributed by atoms with Crippen LogP contribution in [0.15, 0.2) is 48.5 Å². The summed E-state index contributed by atoms with van der Waals surface area (Å²) in [6.45, 7) is 6.41. The van der Waals surface area contributed by atoms with Gasteiger partial charge < -0.3 is 13.9 Å². The molecule has 1 aromatic heterocycles. The number of nitrogens with one attached hydrogen (secondary N) is 1. The molecule has 25 heavy (non-hydrogen) atoms. The van der Waals surface area contributed by atoms with Crippen LogP contribution in [0.3, 0.4) is 0 Å². The van der Waals surface area contributed by atoms with Crippen LogP contribution in [0.2, 0.25) is 0 Å². The van der Waals surface area contributed by atoms with E-state index in [2.05, 4.69) is 47.2 Å². The molecule has 0 bridgehead atoms. The monoisotopic (exact) mass is 337 g/mol. The predicted molar refractivity (Wildman–Crippen MR) is 102 cm³/mol. The Morgan fingerprint density at radius 3 is 2.16 bits per heavy atom. The van der Waals surface area contributed by atoms with Crippen molar-refractivity contribution < 1.29 is 4.74 Å². The van der Waals surface area contributed by atoms with Gasteiger partial charge in [-0.1, -0.05) is 49.6 Å². The molecule has 0 fully saturated rings. The third kappa shape index (κ3) is 3.95. The van der Waals surface area contributed by atoms with Crippen molar-refractivity contribution in [2.75, 3.05) is 6.61 Å². The van der Waals surface area contributed by atoms with Crippen LogP contribution in [0, 0.1) is 12.3 Å². The van der Waals surface area contributed by atoms with E-state index < -0.39 is 0 Å². The van der Waals surface area contributed by atoms with Crippen LogP contribution >= 0.6 is 0 Å². The molecule has 1 heterocycles. The van der Waals surface area contributed by atoms with Crippen molar-refractivity contribution >= 4 is 11.0 Å². The van der Waals surface area contributed by atoms with Gasteiger partial charge in [0.25, 0.3) is 0 Å². The van der Waals surface area contributed by atoms with Crippen LogP contribution in [-0.4, -0.2) is 15.7 Å². The predicted octanol–water partition coefficient (Wildman–Crippen LogP) is 4.50. The number of rotatable bonds is 8. The Kier molecular flexibility index (Phi) is 5.59. The number of para-hydroxylation sites is 2. The first-order chi connectivity index (χ1) is 12.2. The maximum atomic E-state index is 8.59. The molecule has 0 atom stereocenters. The van der Waals surface area contributed by atoms with Gasteiger partial charge in [-0.05, 0) is 37.6 Å². The Labute approximate surface area is 149 Å². The summed E-state index contributed by atoms with van der Waals surface area (Å²) in [7, 11) is 0. The molecule has 3 rings (SSSR count). The fourth-order valence-electron chi connectivity index (χ4n) is 3.16. The van der Waals surface area contributed by atoms with Gasteiger partial charge >= 0.3 is 0 Å². The summed E-state index contributed by atoms with van der Waals surface area (Å²) in [5.74, 6) is 0.879. The Balaban J connectivity index is 1.77. The summed E-state index contributed by atoms with van der Waals surface area (Å²) in [5, 5.41) is 8.59. The fraction of sp³-hybridized carbons (Fsp3) is 0.381. The number of fused-ring (bicyclic) bond motifs is 1. The zero-order valence-corrected chi connectivity index (χ0v) is 15.2. The molecule has 0 aliphatic carbocycles. The van der Waals surface area contributed by atoms with Crippen LogP contribution in [-0.2, 0) is 13.1 Å². The first-order valence-electron chi connectivity index (χ1n) is 9.13. The van der Waals surface area contributed by atoms with Crippen LogP contribution in [0.25, 0.3) is 11.0 Å². The van der Waals surface area contributed by atoms with E-state index in [1.54, 1.807) is 0 Å². The Hall–Kier alpha value is -2.49. The molecular formula is C21H27N3O. The summed E-state index contributed by atoms with van der Waals surface area (Å²) in [5.41, 5.74) is 4.03. The number of hydrogen-bond donors (Lipinski definition) is 1. The minimum atomic E-state index is 0.558. The van der Waals surface area contributed by atoms with E-state index in [0.29, 0.717) is 18.8 Å². The maximum Gasteiger partial charge on any atom is 0.203 e. The second-order valence-corrected chi connectivity index (χ2v) is 6.48. The van der Waals surface area contributed by atoms with Gasteiger partial charge in [-0.2, -0.15) is 0 Å². The van der Waals surface area contributed by atoms with Gasteiger partial charge in [0, 0.05) is 6.54 Å². The van der Waals surface area contributed by atoms with Crippen molar-refractivity contribution in [3.05, 3.63) is 59.7 Å². The molecule has 0 saturated heterocycles. The minimum Gasteiger partial charge on any atom is -0.492 e. The van der Waals surface area contributed by atoms with Crippen LogP contribution < -0.4 is 10.4 Å². The molecule has 4 heteroatoms.